The smallest absolute Gasteiger partial charge is 0.346 e. The second-order valence-electron chi connectivity index (χ2n) is 8.40. The number of carbonyl (C=O) groups excluding carboxylic acids is 1. The molecule has 0 atom stereocenters. The molecule has 1 aromatic heterocycles. The third kappa shape index (κ3) is 5.61. The Bertz CT molecular complexity index is 938. The predicted molar refractivity (Wildman–Crippen MR) is 119 cm³/mol. The molecule has 3 N–H and O–H groups in total. The number of aliphatic hydroxyl groups is 1. The van der Waals surface area contributed by atoms with Crippen LogP contribution in [0.5, 0.6) is 0 Å². The number of anilines is 2. The van der Waals surface area contributed by atoms with E-state index in [9.17, 15) is 14.7 Å². The van der Waals surface area contributed by atoms with Gasteiger partial charge in [0, 0.05) is 25.0 Å². The predicted octanol–water partition coefficient (Wildman–Crippen LogP) is 3.64. The minimum absolute atomic E-state index is 0.208. The van der Waals surface area contributed by atoms with Gasteiger partial charge in [0.1, 0.15) is 5.82 Å². The van der Waals surface area contributed by atoms with Gasteiger partial charge in [-0.15, -0.1) is 0 Å². The van der Waals surface area contributed by atoms with E-state index in [0.29, 0.717) is 41.7 Å². The molecule has 1 fully saturated rings. The number of aromatic nitrogens is 2. The van der Waals surface area contributed by atoms with Crippen LogP contribution in [0.4, 0.5) is 11.5 Å². The van der Waals surface area contributed by atoms with Crippen molar-refractivity contribution >= 4 is 29.0 Å². The number of amides is 1. The molecule has 2 aromatic rings. The van der Waals surface area contributed by atoms with E-state index >= 15 is 0 Å². The number of aromatic amines is 1. The van der Waals surface area contributed by atoms with Crippen molar-refractivity contribution in [2.45, 2.75) is 51.6 Å². The highest BCUT2D eigenvalue weighted by molar-refractivity contribution is 6.34. The fourth-order valence-electron chi connectivity index (χ4n) is 3.81. The van der Waals surface area contributed by atoms with Crippen molar-refractivity contribution in [3.8, 4) is 0 Å². The van der Waals surface area contributed by atoms with Gasteiger partial charge >= 0.3 is 5.69 Å². The number of hydrogen-bond acceptors (Lipinski definition) is 5. The van der Waals surface area contributed by atoms with E-state index in [0.717, 1.165) is 24.9 Å². The number of hydrogen-bond donors (Lipinski definition) is 3. The minimum Gasteiger partial charge on any atom is -0.388 e. The summed E-state index contributed by atoms with van der Waals surface area (Å²) in [6.45, 7) is 4.98. The Hall–Kier alpha value is -2.38. The molecular weight excluding hydrogens is 404 g/mol. The monoisotopic (exact) mass is 432 g/mol. The molecule has 1 saturated carbocycles. The van der Waals surface area contributed by atoms with Crippen LogP contribution in [0, 0.1) is 5.92 Å². The summed E-state index contributed by atoms with van der Waals surface area (Å²) >= 11 is 6.32. The zero-order chi connectivity index (χ0) is 21.7. The number of benzene rings is 1. The molecule has 162 valence electrons. The molecule has 0 spiro atoms. The molecule has 1 heterocycles. The van der Waals surface area contributed by atoms with E-state index in [1.807, 2.05) is 11.0 Å². The normalized spacial score (nSPS) is 15.8. The molecule has 30 heavy (non-hydrogen) atoms. The van der Waals surface area contributed by atoms with E-state index in [1.165, 1.54) is 6.20 Å². The fraction of sp³-hybridized carbons (Fsp3) is 0.500. The Balaban J connectivity index is 1.84. The highest BCUT2D eigenvalue weighted by Crippen LogP contribution is 2.30. The van der Waals surface area contributed by atoms with Crippen LogP contribution in [0.15, 0.2) is 35.3 Å². The maximum absolute atomic E-state index is 12.8. The highest BCUT2D eigenvalue weighted by Gasteiger charge is 2.30. The number of rotatable bonds is 7. The first-order chi connectivity index (χ1) is 14.3. The number of H-pyrrole nitrogens is 1. The van der Waals surface area contributed by atoms with Gasteiger partial charge in [-0.2, -0.15) is 0 Å². The Labute approximate surface area is 181 Å². The van der Waals surface area contributed by atoms with Crippen LogP contribution < -0.4 is 15.9 Å². The molecule has 1 aromatic carbocycles. The number of nitrogens with zero attached hydrogens (tertiary/aromatic N) is 2. The molecule has 0 bridgehead atoms. The van der Waals surface area contributed by atoms with Gasteiger partial charge in [0.05, 0.1) is 16.2 Å². The van der Waals surface area contributed by atoms with Crippen LogP contribution in [-0.4, -0.2) is 39.7 Å². The molecule has 0 aliphatic heterocycles. The van der Waals surface area contributed by atoms with E-state index in [2.05, 4.69) is 29.1 Å². The molecular formula is C22H29ClN4O3. The van der Waals surface area contributed by atoms with Crippen LogP contribution in [0.1, 0.15) is 56.3 Å². The second-order valence-corrected chi connectivity index (χ2v) is 8.80. The van der Waals surface area contributed by atoms with Crippen molar-refractivity contribution in [1.29, 1.82) is 0 Å². The first kappa shape index (κ1) is 22.3. The molecule has 1 aliphatic carbocycles. The lowest BCUT2D eigenvalue weighted by Crippen LogP contribution is -2.44. The van der Waals surface area contributed by atoms with Gasteiger partial charge in [0.15, 0.2) is 0 Å². The first-order valence-electron chi connectivity index (χ1n) is 10.4. The van der Waals surface area contributed by atoms with Gasteiger partial charge < -0.3 is 15.3 Å². The van der Waals surface area contributed by atoms with Crippen molar-refractivity contribution in [1.82, 2.24) is 15.3 Å². The summed E-state index contributed by atoms with van der Waals surface area (Å²) in [6.07, 6.45) is 5.90. The van der Waals surface area contributed by atoms with E-state index in [-0.39, 0.29) is 12.5 Å². The maximum atomic E-state index is 12.8. The third-order valence-corrected chi connectivity index (χ3v) is 5.70. The number of carbonyl (C=O) groups is 1. The SMILES string of the molecule is CC(C)CN(c1ccc(Cl)c(C(=O)NCC2(O)CCCCC2)c1)c1ccnc(=O)[nH]1. The quantitative estimate of drug-likeness (QED) is 0.620. The van der Waals surface area contributed by atoms with Crippen LogP contribution in [-0.2, 0) is 0 Å². The second kappa shape index (κ2) is 9.62. The average molecular weight is 433 g/mol. The van der Waals surface area contributed by atoms with Gasteiger partial charge in [-0.3, -0.25) is 9.78 Å². The van der Waals surface area contributed by atoms with Gasteiger partial charge in [-0.25, -0.2) is 9.78 Å². The largest absolute Gasteiger partial charge is 0.388 e. The topological polar surface area (TPSA) is 98.3 Å². The summed E-state index contributed by atoms with van der Waals surface area (Å²) in [4.78, 5) is 32.9. The summed E-state index contributed by atoms with van der Waals surface area (Å²) in [7, 11) is 0. The van der Waals surface area contributed by atoms with Gasteiger partial charge in [0.2, 0.25) is 0 Å². The Kier molecular flexibility index (Phi) is 7.15. The zero-order valence-electron chi connectivity index (χ0n) is 17.4. The van der Waals surface area contributed by atoms with Crippen LogP contribution in [0.3, 0.4) is 0 Å². The molecule has 1 aliphatic rings. The maximum Gasteiger partial charge on any atom is 0.346 e. The number of nitrogens with one attached hydrogen (secondary N) is 2. The van der Waals surface area contributed by atoms with Crippen LogP contribution in [0.25, 0.3) is 0 Å². The summed E-state index contributed by atoms with van der Waals surface area (Å²) in [5.41, 5.74) is -0.220. The molecule has 0 unspecified atom stereocenters. The lowest BCUT2D eigenvalue weighted by atomic mass is 9.85. The minimum atomic E-state index is -0.849. The van der Waals surface area contributed by atoms with E-state index < -0.39 is 11.3 Å². The Morgan fingerprint density at radius 2 is 2.03 bits per heavy atom. The molecule has 0 radical (unpaired) electrons. The Morgan fingerprint density at radius 3 is 2.70 bits per heavy atom. The van der Waals surface area contributed by atoms with Gasteiger partial charge in [-0.1, -0.05) is 44.7 Å². The molecule has 0 saturated heterocycles. The Morgan fingerprint density at radius 1 is 1.30 bits per heavy atom. The van der Waals surface area contributed by atoms with Crippen molar-refractivity contribution in [2.24, 2.45) is 5.92 Å². The van der Waals surface area contributed by atoms with Crippen molar-refractivity contribution < 1.29 is 9.90 Å². The lowest BCUT2D eigenvalue weighted by molar-refractivity contribution is 0.00526. The summed E-state index contributed by atoms with van der Waals surface area (Å²) < 4.78 is 0. The van der Waals surface area contributed by atoms with Crippen molar-refractivity contribution in [3.63, 3.8) is 0 Å². The zero-order valence-corrected chi connectivity index (χ0v) is 18.2. The molecule has 3 rings (SSSR count). The standard InChI is InChI=1S/C22H29ClN4O3/c1-15(2)13-27(19-8-11-24-21(29)26-19)16-6-7-18(23)17(12-16)20(28)25-14-22(30)9-4-3-5-10-22/h6-8,11-12,15,30H,3-5,9-10,13-14H2,1-2H3,(H,25,28)(H,24,26,29). The summed E-state index contributed by atoms with van der Waals surface area (Å²) in [5, 5.41) is 13.8. The molecule has 1 amide bonds. The fourth-order valence-corrected chi connectivity index (χ4v) is 4.01. The molecule has 7 nitrogen and oxygen atoms in total. The molecule has 8 heteroatoms. The van der Waals surface area contributed by atoms with Crippen LogP contribution in [0.2, 0.25) is 5.02 Å². The summed E-state index contributed by atoms with van der Waals surface area (Å²) in [5.74, 6) is 0.567. The van der Waals surface area contributed by atoms with E-state index in [1.54, 1.807) is 18.2 Å². The lowest BCUT2D eigenvalue weighted by Gasteiger charge is -2.32. The van der Waals surface area contributed by atoms with Crippen molar-refractivity contribution in [2.75, 3.05) is 18.0 Å². The van der Waals surface area contributed by atoms with E-state index in [4.69, 9.17) is 11.6 Å². The van der Waals surface area contributed by atoms with Crippen molar-refractivity contribution in [3.05, 3.63) is 51.5 Å². The first-order valence-corrected chi connectivity index (χ1v) is 10.8. The number of halogens is 1. The third-order valence-electron chi connectivity index (χ3n) is 5.37. The van der Waals surface area contributed by atoms with Crippen LogP contribution >= 0.6 is 11.6 Å². The summed E-state index contributed by atoms with van der Waals surface area (Å²) in [6, 6.07) is 6.92. The van der Waals surface area contributed by atoms with Gasteiger partial charge in [-0.05, 0) is 43.0 Å². The van der Waals surface area contributed by atoms with Gasteiger partial charge in [0.25, 0.3) is 5.91 Å². The average Bonchev–Trinajstić information content (AvgIpc) is 2.71. The highest BCUT2D eigenvalue weighted by atomic mass is 35.5.